The highest BCUT2D eigenvalue weighted by Crippen LogP contribution is 2.09. The lowest BCUT2D eigenvalue weighted by molar-refractivity contribution is -0.136. The van der Waals surface area contributed by atoms with E-state index in [1.165, 1.54) is 0 Å². The van der Waals surface area contributed by atoms with Crippen molar-refractivity contribution in [3.8, 4) is 0 Å². The van der Waals surface area contributed by atoms with Crippen LogP contribution in [0, 0.1) is 0 Å². The average molecular weight is 305 g/mol. The molecule has 3 N–H and O–H groups in total. The molecule has 0 atom stereocenters. The number of aliphatic hydroxyl groups excluding tert-OH is 1. The van der Waals surface area contributed by atoms with Crippen molar-refractivity contribution in [2.75, 3.05) is 31.5 Å². The lowest BCUT2D eigenvalue weighted by Gasteiger charge is -2.29. The van der Waals surface area contributed by atoms with Crippen LogP contribution in [0.5, 0.6) is 0 Å². The van der Waals surface area contributed by atoms with Crippen molar-refractivity contribution in [3.05, 3.63) is 30.3 Å². The standard InChI is InChI=1S/C16H23N3O3/c20-14-7-11-19(12-8-14)10-4-9-17-15(21)16(22)18-13-5-2-1-3-6-13/h1-3,5-6,14,20H,4,7-12H2,(H,17,21)(H,18,22). The van der Waals surface area contributed by atoms with Gasteiger partial charge in [-0.3, -0.25) is 9.59 Å². The van der Waals surface area contributed by atoms with Crippen molar-refractivity contribution < 1.29 is 14.7 Å². The summed E-state index contributed by atoms with van der Waals surface area (Å²) in [6.45, 7) is 3.13. The Morgan fingerprint density at radius 3 is 2.50 bits per heavy atom. The molecular formula is C16H23N3O3. The highest BCUT2D eigenvalue weighted by molar-refractivity contribution is 6.39. The van der Waals surface area contributed by atoms with E-state index in [1.807, 2.05) is 6.07 Å². The van der Waals surface area contributed by atoms with Gasteiger partial charge in [-0.1, -0.05) is 18.2 Å². The normalized spacial score (nSPS) is 16.2. The number of hydrogen-bond donors (Lipinski definition) is 3. The largest absolute Gasteiger partial charge is 0.393 e. The van der Waals surface area contributed by atoms with Gasteiger partial charge >= 0.3 is 11.8 Å². The fourth-order valence-electron chi connectivity index (χ4n) is 2.44. The minimum atomic E-state index is -0.646. The predicted molar refractivity (Wildman–Crippen MR) is 84.4 cm³/mol. The molecule has 120 valence electrons. The van der Waals surface area contributed by atoms with Crippen molar-refractivity contribution >= 4 is 17.5 Å². The van der Waals surface area contributed by atoms with E-state index in [2.05, 4.69) is 15.5 Å². The second kappa shape index (κ2) is 8.51. The third-order valence-electron chi connectivity index (χ3n) is 3.73. The SMILES string of the molecule is O=C(NCCCN1CCC(O)CC1)C(=O)Nc1ccccc1. The number of anilines is 1. The fourth-order valence-corrected chi connectivity index (χ4v) is 2.44. The van der Waals surface area contributed by atoms with E-state index in [-0.39, 0.29) is 6.10 Å². The van der Waals surface area contributed by atoms with Crippen LogP contribution in [0.3, 0.4) is 0 Å². The molecule has 0 radical (unpaired) electrons. The van der Waals surface area contributed by atoms with Crippen LogP contribution in [-0.2, 0) is 9.59 Å². The molecule has 2 amide bonds. The zero-order valence-electron chi connectivity index (χ0n) is 12.6. The summed E-state index contributed by atoms with van der Waals surface area (Å²) in [5.41, 5.74) is 0.606. The Morgan fingerprint density at radius 2 is 1.82 bits per heavy atom. The number of benzene rings is 1. The molecule has 0 spiro atoms. The summed E-state index contributed by atoms with van der Waals surface area (Å²) >= 11 is 0. The Morgan fingerprint density at radius 1 is 1.14 bits per heavy atom. The lowest BCUT2D eigenvalue weighted by atomic mass is 10.1. The van der Waals surface area contributed by atoms with Crippen molar-refractivity contribution in [3.63, 3.8) is 0 Å². The molecule has 1 aliphatic heterocycles. The summed E-state index contributed by atoms with van der Waals surface area (Å²) < 4.78 is 0. The van der Waals surface area contributed by atoms with Crippen LogP contribution in [-0.4, -0.2) is 54.1 Å². The number of nitrogens with one attached hydrogen (secondary N) is 2. The second-order valence-corrected chi connectivity index (χ2v) is 5.50. The van der Waals surface area contributed by atoms with Gasteiger partial charge in [-0.05, 0) is 37.9 Å². The summed E-state index contributed by atoms with van der Waals surface area (Å²) in [5, 5.41) is 14.6. The minimum Gasteiger partial charge on any atom is -0.393 e. The van der Waals surface area contributed by atoms with Gasteiger partial charge in [0, 0.05) is 25.3 Å². The quantitative estimate of drug-likeness (QED) is 0.549. The summed E-state index contributed by atoms with van der Waals surface area (Å²) in [7, 11) is 0. The molecule has 1 aromatic carbocycles. The number of hydrogen-bond acceptors (Lipinski definition) is 4. The van der Waals surface area contributed by atoms with Crippen LogP contribution in [0.25, 0.3) is 0 Å². The number of piperidine rings is 1. The molecule has 1 heterocycles. The number of para-hydroxylation sites is 1. The minimum absolute atomic E-state index is 0.169. The third-order valence-corrected chi connectivity index (χ3v) is 3.73. The van der Waals surface area contributed by atoms with Gasteiger partial charge < -0.3 is 20.6 Å². The number of carbonyl (C=O) groups excluding carboxylic acids is 2. The van der Waals surface area contributed by atoms with Gasteiger partial charge in [0.05, 0.1) is 6.10 Å². The number of nitrogens with zero attached hydrogens (tertiary/aromatic N) is 1. The van der Waals surface area contributed by atoms with Gasteiger partial charge in [-0.15, -0.1) is 0 Å². The highest BCUT2D eigenvalue weighted by atomic mass is 16.3. The fraction of sp³-hybridized carbons (Fsp3) is 0.500. The van der Waals surface area contributed by atoms with Gasteiger partial charge in [-0.25, -0.2) is 0 Å². The molecule has 22 heavy (non-hydrogen) atoms. The molecule has 2 rings (SSSR count). The summed E-state index contributed by atoms with van der Waals surface area (Å²) in [6.07, 6.45) is 2.25. The Kier molecular flexibility index (Phi) is 6.36. The number of likely N-dealkylation sites (tertiary alicyclic amines) is 1. The number of amides is 2. The first kappa shape index (κ1) is 16.5. The zero-order chi connectivity index (χ0) is 15.8. The van der Waals surface area contributed by atoms with Gasteiger partial charge in [0.15, 0.2) is 0 Å². The molecule has 6 nitrogen and oxygen atoms in total. The van der Waals surface area contributed by atoms with Gasteiger partial charge in [0.25, 0.3) is 0 Å². The first-order valence-electron chi connectivity index (χ1n) is 7.70. The topological polar surface area (TPSA) is 81.7 Å². The van der Waals surface area contributed by atoms with Crippen molar-refractivity contribution in [1.29, 1.82) is 0 Å². The van der Waals surface area contributed by atoms with Gasteiger partial charge in [0.1, 0.15) is 0 Å². The molecule has 0 aliphatic carbocycles. The Bertz CT molecular complexity index is 485. The molecule has 1 aliphatic rings. The molecule has 6 heteroatoms. The van der Waals surface area contributed by atoms with Gasteiger partial charge in [0.2, 0.25) is 0 Å². The molecule has 1 fully saturated rings. The molecule has 0 aromatic heterocycles. The van der Waals surface area contributed by atoms with Crippen LogP contribution in [0.2, 0.25) is 0 Å². The van der Waals surface area contributed by atoms with E-state index in [4.69, 9.17) is 0 Å². The monoisotopic (exact) mass is 305 g/mol. The number of rotatable bonds is 5. The van der Waals surface area contributed by atoms with E-state index in [0.29, 0.717) is 12.2 Å². The van der Waals surface area contributed by atoms with Crippen LogP contribution >= 0.6 is 0 Å². The molecule has 0 bridgehead atoms. The van der Waals surface area contributed by atoms with E-state index in [9.17, 15) is 14.7 Å². The molecule has 1 saturated heterocycles. The number of carbonyl (C=O) groups is 2. The first-order valence-corrected chi connectivity index (χ1v) is 7.70. The van der Waals surface area contributed by atoms with Crippen LogP contribution in [0.1, 0.15) is 19.3 Å². The first-order chi connectivity index (χ1) is 10.6. The highest BCUT2D eigenvalue weighted by Gasteiger charge is 2.17. The van der Waals surface area contributed by atoms with E-state index in [0.717, 1.165) is 38.9 Å². The van der Waals surface area contributed by atoms with Gasteiger partial charge in [-0.2, -0.15) is 0 Å². The summed E-state index contributed by atoms with van der Waals surface area (Å²) in [6, 6.07) is 8.90. The van der Waals surface area contributed by atoms with E-state index >= 15 is 0 Å². The average Bonchev–Trinajstić information content (AvgIpc) is 2.54. The van der Waals surface area contributed by atoms with Crippen LogP contribution < -0.4 is 10.6 Å². The van der Waals surface area contributed by atoms with Crippen molar-refractivity contribution in [1.82, 2.24) is 10.2 Å². The number of aliphatic hydroxyl groups is 1. The predicted octanol–water partition coefficient (Wildman–Crippen LogP) is 0.588. The summed E-state index contributed by atoms with van der Waals surface area (Å²) in [4.78, 5) is 25.6. The third kappa shape index (κ3) is 5.46. The zero-order valence-corrected chi connectivity index (χ0v) is 12.6. The molecule has 0 saturated carbocycles. The Balaban J connectivity index is 1.60. The molecular weight excluding hydrogens is 282 g/mol. The lowest BCUT2D eigenvalue weighted by Crippen LogP contribution is -2.39. The molecule has 1 aromatic rings. The smallest absolute Gasteiger partial charge is 0.313 e. The molecule has 0 unspecified atom stereocenters. The van der Waals surface area contributed by atoms with Crippen LogP contribution in [0.4, 0.5) is 5.69 Å². The maximum atomic E-state index is 11.7. The Labute approximate surface area is 130 Å². The van der Waals surface area contributed by atoms with Crippen molar-refractivity contribution in [2.24, 2.45) is 0 Å². The van der Waals surface area contributed by atoms with E-state index in [1.54, 1.807) is 24.3 Å². The van der Waals surface area contributed by atoms with Crippen molar-refractivity contribution in [2.45, 2.75) is 25.4 Å². The van der Waals surface area contributed by atoms with Crippen LogP contribution in [0.15, 0.2) is 30.3 Å². The summed E-state index contributed by atoms with van der Waals surface area (Å²) in [5.74, 6) is -1.26. The van der Waals surface area contributed by atoms with E-state index < -0.39 is 11.8 Å². The Hall–Kier alpha value is -1.92. The maximum absolute atomic E-state index is 11.7. The second-order valence-electron chi connectivity index (χ2n) is 5.50. The maximum Gasteiger partial charge on any atom is 0.313 e.